The SMILES string of the molecule is COc1cc(C(=O)Nc2cccc(-c3nccs3)c2)ccc1OCc1c(C)noc1C. The first-order valence-electron chi connectivity index (χ1n) is 9.59. The number of thiazole rings is 1. The maximum Gasteiger partial charge on any atom is 0.255 e. The van der Waals surface area contributed by atoms with Gasteiger partial charge in [0, 0.05) is 28.4 Å². The molecule has 0 radical (unpaired) electrons. The van der Waals surface area contributed by atoms with Gasteiger partial charge in [0.2, 0.25) is 0 Å². The Morgan fingerprint density at radius 1 is 1.16 bits per heavy atom. The molecule has 0 atom stereocenters. The van der Waals surface area contributed by atoms with E-state index >= 15 is 0 Å². The smallest absolute Gasteiger partial charge is 0.255 e. The van der Waals surface area contributed by atoms with Crippen molar-refractivity contribution >= 4 is 22.9 Å². The summed E-state index contributed by atoms with van der Waals surface area (Å²) in [5, 5.41) is 9.67. The summed E-state index contributed by atoms with van der Waals surface area (Å²) in [7, 11) is 1.54. The zero-order valence-corrected chi connectivity index (χ0v) is 18.2. The van der Waals surface area contributed by atoms with E-state index in [4.69, 9.17) is 14.0 Å². The number of nitrogens with one attached hydrogen (secondary N) is 1. The van der Waals surface area contributed by atoms with Gasteiger partial charge in [0.15, 0.2) is 11.5 Å². The lowest BCUT2D eigenvalue weighted by molar-refractivity contribution is 0.102. The molecule has 0 aliphatic heterocycles. The van der Waals surface area contributed by atoms with Gasteiger partial charge in [-0.1, -0.05) is 17.3 Å². The number of methoxy groups -OCH3 is 1. The number of aryl methyl sites for hydroxylation is 2. The first-order valence-corrected chi connectivity index (χ1v) is 10.5. The normalized spacial score (nSPS) is 10.7. The van der Waals surface area contributed by atoms with E-state index in [0.29, 0.717) is 35.1 Å². The van der Waals surface area contributed by atoms with Crippen LogP contribution in [-0.4, -0.2) is 23.2 Å². The molecule has 1 N–H and O–H groups in total. The number of aromatic nitrogens is 2. The Labute approximate surface area is 183 Å². The monoisotopic (exact) mass is 435 g/mol. The second-order valence-electron chi connectivity index (χ2n) is 6.83. The molecule has 31 heavy (non-hydrogen) atoms. The van der Waals surface area contributed by atoms with Crippen LogP contribution in [0.4, 0.5) is 5.69 Å². The van der Waals surface area contributed by atoms with Crippen LogP contribution in [0.1, 0.15) is 27.4 Å². The van der Waals surface area contributed by atoms with Crippen LogP contribution in [0, 0.1) is 13.8 Å². The quantitative estimate of drug-likeness (QED) is 0.426. The molecule has 8 heteroatoms. The van der Waals surface area contributed by atoms with Crippen molar-refractivity contribution < 1.29 is 18.8 Å². The average molecular weight is 436 g/mol. The first-order chi connectivity index (χ1) is 15.0. The number of carbonyl (C=O) groups excluding carboxylic acids is 1. The summed E-state index contributed by atoms with van der Waals surface area (Å²) < 4.78 is 16.5. The molecule has 4 aromatic rings. The molecule has 0 bridgehead atoms. The van der Waals surface area contributed by atoms with Crippen LogP contribution in [0.5, 0.6) is 11.5 Å². The fraction of sp³-hybridized carbons (Fsp3) is 0.174. The number of rotatable bonds is 7. The van der Waals surface area contributed by atoms with Crippen molar-refractivity contribution in [2.45, 2.75) is 20.5 Å². The van der Waals surface area contributed by atoms with Crippen molar-refractivity contribution in [3.8, 4) is 22.1 Å². The summed E-state index contributed by atoms with van der Waals surface area (Å²) >= 11 is 1.55. The van der Waals surface area contributed by atoms with Gasteiger partial charge in [-0.3, -0.25) is 4.79 Å². The third kappa shape index (κ3) is 4.59. The van der Waals surface area contributed by atoms with E-state index in [0.717, 1.165) is 21.8 Å². The van der Waals surface area contributed by atoms with Gasteiger partial charge in [-0.15, -0.1) is 11.3 Å². The topological polar surface area (TPSA) is 86.5 Å². The molecule has 0 aliphatic carbocycles. The molecule has 2 aromatic carbocycles. The molecule has 158 valence electrons. The second kappa shape index (κ2) is 9.01. The predicted molar refractivity (Wildman–Crippen MR) is 119 cm³/mol. The number of amides is 1. The molecule has 2 aromatic heterocycles. The van der Waals surface area contributed by atoms with Crippen LogP contribution >= 0.6 is 11.3 Å². The van der Waals surface area contributed by atoms with Gasteiger partial charge >= 0.3 is 0 Å². The van der Waals surface area contributed by atoms with Gasteiger partial charge in [0.1, 0.15) is 17.4 Å². The fourth-order valence-electron chi connectivity index (χ4n) is 3.09. The number of benzene rings is 2. The molecule has 1 amide bonds. The molecular formula is C23H21N3O4S. The lowest BCUT2D eigenvalue weighted by Gasteiger charge is -2.12. The van der Waals surface area contributed by atoms with Crippen LogP contribution in [-0.2, 0) is 6.61 Å². The van der Waals surface area contributed by atoms with Crippen LogP contribution in [0.2, 0.25) is 0 Å². The van der Waals surface area contributed by atoms with Crippen LogP contribution in [0.3, 0.4) is 0 Å². The van der Waals surface area contributed by atoms with Gasteiger partial charge in [0.05, 0.1) is 18.4 Å². The lowest BCUT2D eigenvalue weighted by atomic mass is 10.1. The number of hydrogen-bond donors (Lipinski definition) is 1. The Hall–Kier alpha value is -3.65. The van der Waals surface area contributed by atoms with Crippen molar-refractivity contribution in [1.29, 1.82) is 0 Å². The van der Waals surface area contributed by atoms with Crippen molar-refractivity contribution in [3.05, 3.63) is 76.6 Å². The molecule has 0 fully saturated rings. The number of hydrogen-bond acceptors (Lipinski definition) is 7. The second-order valence-corrected chi connectivity index (χ2v) is 7.72. The number of carbonyl (C=O) groups is 1. The van der Waals surface area contributed by atoms with Crippen LogP contribution < -0.4 is 14.8 Å². The highest BCUT2D eigenvalue weighted by molar-refractivity contribution is 7.13. The van der Waals surface area contributed by atoms with E-state index in [1.54, 1.807) is 35.7 Å². The largest absolute Gasteiger partial charge is 0.493 e. The van der Waals surface area contributed by atoms with E-state index in [1.807, 2.05) is 43.5 Å². The van der Waals surface area contributed by atoms with Crippen molar-refractivity contribution in [1.82, 2.24) is 10.1 Å². The molecule has 0 spiro atoms. The summed E-state index contributed by atoms with van der Waals surface area (Å²) in [4.78, 5) is 17.1. The zero-order chi connectivity index (χ0) is 21.8. The maximum absolute atomic E-state index is 12.8. The summed E-state index contributed by atoms with van der Waals surface area (Å²) in [5.74, 6) is 1.47. The summed E-state index contributed by atoms with van der Waals surface area (Å²) in [6.45, 7) is 4.00. The Morgan fingerprint density at radius 2 is 2.03 bits per heavy atom. The van der Waals surface area contributed by atoms with Crippen molar-refractivity contribution in [2.75, 3.05) is 12.4 Å². The van der Waals surface area contributed by atoms with Crippen LogP contribution in [0.15, 0.2) is 58.6 Å². The highest BCUT2D eigenvalue weighted by Crippen LogP contribution is 2.30. The summed E-state index contributed by atoms with van der Waals surface area (Å²) in [6, 6.07) is 12.7. The van der Waals surface area contributed by atoms with E-state index in [2.05, 4.69) is 15.5 Å². The van der Waals surface area contributed by atoms with Gasteiger partial charge in [-0.2, -0.15) is 0 Å². The number of nitrogens with zero attached hydrogens (tertiary/aromatic N) is 2. The molecule has 7 nitrogen and oxygen atoms in total. The third-order valence-electron chi connectivity index (χ3n) is 4.78. The highest BCUT2D eigenvalue weighted by Gasteiger charge is 2.15. The van der Waals surface area contributed by atoms with Crippen LogP contribution in [0.25, 0.3) is 10.6 Å². The zero-order valence-electron chi connectivity index (χ0n) is 17.3. The first kappa shape index (κ1) is 20.6. The van der Waals surface area contributed by atoms with E-state index in [9.17, 15) is 4.79 Å². The molecule has 2 heterocycles. The Bertz CT molecular complexity index is 1180. The summed E-state index contributed by atoms with van der Waals surface area (Å²) in [5.41, 5.74) is 3.78. The molecule has 4 rings (SSSR count). The number of anilines is 1. The Balaban J connectivity index is 1.48. The average Bonchev–Trinajstić information content (AvgIpc) is 3.43. The molecule has 0 aliphatic rings. The standard InChI is InChI=1S/C23H21N3O4S/c1-14-19(15(2)30-26-14)13-29-20-8-7-16(12-21(20)28-3)22(27)25-18-6-4-5-17(11-18)23-24-9-10-31-23/h4-12H,13H2,1-3H3,(H,25,27). The Kier molecular flexibility index (Phi) is 5.99. The molecule has 0 unspecified atom stereocenters. The highest BCUT2D eigenvalue weighted by atomic mass is 32.1. The third-order valence-corrected chi connectivity index (χ3v) is 5.60. The van der Waals surface area contributed by atoms with Crippen molar-refractivity contribution in [3.63, 3.8) is 0 Å². The molecule has 0 saturated carbocycles. The van der Waals surface area contributed by atoms with Gasteiger partial charge in [-0.25, -0.2) is 4.98 Å². The minimum Gasteiger partial charge on any atom is -0.493 e. The Morgan fingerprint density at radius 3 is 2.74 bits per heavy atom. The predicted octanol–water partition coefficient (Wildman–Crippen LogP) is 5.25. The molecular weight excluding hydrogens is 414 g/mol. The van der Waals surface area contributed by atoms with Gasteiger partial charge < -0.3 is 19.3 Å². The summed E-state index contributed by atoms with van der Waals surface area (Å²) in [6.07, 6.45) is 1.76. The minimum absolute atomic E-state index is 0.244. The van der Waals surface area contributed by atoms with Gasteiger partial charge in [0.25, 0.3) is 5.91 Å². The van der Waals surface area contributed by atoms with Gasteiger partial charge in [-0.05, 0) is 44.2 Å². The fourth-order valence-corrected chi connectivity index (χ4v) is 3.72. The number of ether oxygens (including phenoxy) is 2. The van der Waals surface area contributed by atoms with E-state index < -0.39 is 0 Å². The maximum atomic E-state index is 12.8. The minimum atomic E-state index is -0.244. The van der Waals surface area contributed by atoms with E-state index in [1.165, 1.54) is 7.11 Å². The van der Waals surface area contributed by atoms with E-state index in [-0.39, 0.29) is 5.91 Å². The lowest BCUT2D eigenvalue weighted by Crippen LogP contribution is -2.12. The molecule has 0 saturated heterocycles. The van der Waals surface area contributed by atoms with Crippen molar-refractivity contribution in [2.24, 2.45) is 0 Å².